The first kappa shape index (κ1) is 18.8. The fourth-order valence-corrected chi connectivity index (χ4v) is 4.02. The molecule has 8 nitrogen and oxygen atoms in total. The molecule has 0 spiro atoms. The van der Waals surface area contributed by atoms with Crippen molar-refractivity contribution in [3.63, 3.8) is 0 Å². The molecule has 2 aromatic rings. The average molecular weight is 398 g/mol. The minimum atomic E-state index is -0.529. The molecule has 1 aromatic carbocycles. The summed E-state index contributed by atoms with van der Waals surface area (Å²) in [5.41, 5.74) is 0.873. The molecule has 1 unspecified atom stereocenters. The molecule has 140 valence electrons. The third-order valence-corrected chi connectivity index (χ3v) is 5.51. The molecule has 0 amide bonds. The van der Waals surface area contributed by atoms with Gasteiger partial charge in [-0.1, -0.05) is 11.3 Å². The lowest BCUT2D eigenvalue weighted by atomic mass is 10.2. The smallest absolute Gasteiger partial charge is 0.364 e. The zero-order chi connectivity index (χ0) is 18.7. The zero-order valence-corrected chi connectivity index (χ0v) is 16.1. The highest BCUT2D eigenvalue weighted by Gasteiger charge is 2.41. The van der Waals surface area contributed by atoms with Crippen LogP contribution in [0.25, 0.3) is 0 Å². The maximum atomic E-state index is 11.9. The van der Waals surface area contributed by atoms with Crippen LogP contribution in [0.3, 0.4) is 0 Å². The van der Waals surface area contributed by atoms with E-state index in [0.29, 0.717) is 28.7 Å². The van der Waals surface area contributed by atoms with Crippen molar-refractivity contribution in [3.8, 4) is 5.75 Å². The first-order chi connectivity index (χ1) is 12.5. The summed E-state index contributed by atoms with van der Waals surface area (Å²) in [4.78, 5) is 12.8. The first-order valence-electron chi connectivity index (χ1n) is 8.09. The number of likely N-dealkylation sites (tertiary alicyclic amines) is 1. The number of carbonyl (C=O) groups is 1. The summed E-state index contributed by atoms with van der Waals surface area (Å²) in [6.45, 7) is 0.858. The molecule has 0 radical (unpaired) electrons. The molecule has 1 saturated heterocycles. The Morgan fingerprint density at radius 3 is 2.85 bits per heavy atom. The molecule has 3 rings (SSSR count). The van der Waals surface area contributed by atoms with Crippen molar-refractivity contribution in [2.45, 2.75) is 25.2 Å². The van der Waals surface area contributed by atoms with Gasteiger partial charge in [0.05, 0.1) is 14.2 Å². The van der Waals surface area contributed by atoms with Gasteiger partial charge >= 0.3 is 5.97 Å². The lowest BCUT2D eigenvalue weighted by Gasteiger charge is -2.18. The van der Waals surface area contributed by atoms with Crippen molar-refractivity contribution < 1.29 is 24.3 Å². The lowest BCUT2D eigenvalue weighted by Crippen LogP contribution is -3.14. The van der Waals surface area contributed by atoms with Gasteiger partial charge in [0, 0.05) is 12.1 Å². The number of aliphatic hydroxyl groups is 1. The molecule has 10 heteroatoms. The number of rotatable bonds is 6. The normalized spacial score (nSPS) is 22.2. The van der Waals surface area contributed by atoms with Crippen molar-refractivity contribution in [1.82, 2.24) is 9.78 Å². The van der Waals surface area contributed by atoms with E-state index in [1.165, 1.54) is 18.4 Å². The Balaban J connectivity index is 1.71. The molecule has 26 heavy (non-hydrogen) atoms. The second-order valence-corrected chi connectivity index (χ2v) is 7.63. The highest BCUT2D eigenvalue weighted by molar-refractivity contribution is 7.73. The van der Waals surface area contributed by atoms with Crippen molar-refractivity contribution in [3.05, 3.63) is 28.2 Å². The monoisotopic (exact) mass is 397 g/mol. The van der Waals surface area contributed by atoms with Crippen LogP contribution in [0.5, 0.6) is 5.75 Å². The standard InChI is InChI=1S/C16H20N4O4S2/c1-23-12-5-3-10(4-6-12)17-15-18-20(16(25)26-15)9-19-8-11(21)7-13(19)14(22)24-2/h3-6,11,13,21H,7-9H2,1-2H3,(H,17,18)/p+1/t11-,13+/m1/s1. The Kier molecular flexibility index (Phi) is 5.87. The van der Waals surface area contributed by atoms with Crippen LogP contribution in [-0.2, 0) is 16.2 Å². The average Bonchev–Trinajstić information content (AvgIpc) is 3.17. The maximum Gasteiger partial charge on any atom is 0.364 e. The summed E-state index contributed by atoms with van der Waals surface area (Å²) < 4.78 is 12.3. The van der Waals surface area contributed by atoms with E-state index in [-0.39, 0.29) is 5.97 Å². The number of aliphatic hydroxyl groups excluding tert-OH is 1. The van der Waals surface area contributed by atoms with Gasteiger partial charge in [0.15, 0.2) is 16.7 Å². The molecule has 1 fully saturated rings. The Bertz CT molecular complexity index is 820. The van der Waals surface area contributed by atoms with E-state index in [4.69, 9.17) is 21.7 Å². The van der Waals surface area contributed by atoms with Gasteiger partial charge in [0.2, 0.25) is 5.13 Å². The molecule has 2 heterocycles. The molecular formula is C16H21N4O4S2+. The highest BCUT2D eigenvalue weighted by Crippen LogP contribution is 2.22. The van der Waals surface area contributed by atoms with Crippen LogP contribution in [0, 0.1) is 3.95 Å². The summed E-state index contributed by atoms with van der Waals surface area (Å²) in [6, 6.07) is 7.09. The number of nitrogens with zero attached hydrogens (tertiary/aromatic N) is 2. The van der Waals surface area contributed by atoms with Crippen LogP contribution in [0.2, 0.25) is 0 Å². The first-order valence-corrected chi connectivity index (χ1v) is 9.32. The number of aromatic nitrogens is 2. The van der Waals surface area contributed by atoms with E-state index in [0.717, 1.165) is 16.3 Å². The highest BCUT2D eigenvalue weighted by atomic mass is 32.1. The lowest BCUT2D eigenvalue weighted by molar-refractivity contribution is -0.928. The zero-order valence-electron chi connectivity index (χ0n) is 14.5. The number of nitrogens with one attached hydrogen (secondary N) is 2. The number of esters is 1. The van der Waals surface area contributed by atoms with E-state index < -0.39 is 12.1 Å². The SMILES string of the molecule is COC(=O)[C@@H]1C[C@@H](O)C[NH+]1Cn1nc(Nc2ccc(OC)cc2)sc1=S. The topological polar surface area (TPSA) is 90.0 Å². The molecular weight excluding hydrogens is 376 g/mol. The van der Waals surface area contributed by atoms with Gasteiger partial charge in [-0.15, -0.1) is 5.10 Å². The fraction of sp³-hybridized carbons (Fsp3) is 0.438. The summed E-state index contributed by atoms with van der Waals surface area (Å²) in [6.07, 6.45) is -0.144. The summed E-state index contributed by atoms with van der Waals surface area (Å²) in [7, 11) is 2.98. The van der Waals surface area contributed by atoms with E-state index in [2.05, 4.69) is 10.4 Å². The van der Waals surface area contributed by atoms with Crippen molar-refractivity contribution >= 4 is 40.3 Å². The van der Waals surface area contributed by atoms with Crippen LogP contribution in [0.1, 0.15) is 6.42 Å². The number of carbonyl (C=O) groups excluding carboxylic acids is 1. The predicted molar refractivity (Wildman–Crippen MR) is 99.5 cm³/mol. The summed E-state index contributed by atoms with van der Waals surface area (Å²) in [5, 5.41) is 18.3. The Labute approximate surface area is 160 Å². The number of anilines is 2. The quantitative estimate of drug-likeness (QED) is 0.485. The molecule has 1 aliphatic rings. The van der Waals surface area contributed by atoms with Crippen LogP contribution < -0.4 is 15.0 Å². The van der Waals surface area contributed by atoms with Crippen molar-refractivity contribution in [2.75, 3.05) is 26.1 Å². The fourth-order valence-electron chi connectivity index (χ4n) is 2.99. The summed E-state index contributed by atoms with van der Waals surface area (Å²) >= 11 is 6.74. The molecule has 0 bridgehead atoms. The molecule has 0 aliphatic carbocycles. The molecule has 0 saturated carbocycles. The van der Waals surface area contributed by atoms with Gasteiger partial charge in [0.1, 0.15) is 18.4 Å². The van der Waals surface area contributed by atoms with Crippen LogP contribution >= 0.6 is 23.6 Å². The van der Waals surface area contributed by atoms with Crippen LogP contribution in [-0.4, -0.2) is 53.8 Å². The third-order valence-electron chi connectivity index (χ3n) is 4.28. The Hall–Kier alpha value is -2.01. The van der Waals surface area contributed by atoms with Crippen LogP contribution in [0.15, 0.2) is 24.3 Å². The Morgan fingerprint density at radius 2 is 2.19 bits per heavy atom. The van der Waals surface area contributed by atoms with Gasteiger partial charge in [-0.3, -0.25) is 0 Å². The number of hydrogen-bond donors (Lipinski definition) is 3. The van der Waals surface area contributed by atoms with Gasteiger partial charge in [-0.05, 0) is 36.5 Å². The number of quaternary nitrogens is 1. The second kappa shape index (κ2) is 8.12. The van der Waals surface area contributed by atoms with E-state index in [1.807, 2.05) is 24.3 Å². The number of benzene rings is 1. The van der Waals surface area contributed by atoms with E-state index >= 15 is 0 Å². The van der Waals surface area contributed by atoms with Crippen molar-refractivity contribution in [1.29, 1.82) is 0 Å². The van der Waals surface area contributed by atoms with E-state index in [9.17, 15) is 9.90 Å². The van der Waals surface area contributed by atoms with Gasteiger partial charge < -0.3 is 24.8 Å². The number of ether oxygens (including phenoxy) is 2. The number of methoxy groups -OCH3 is 2. The third kappa shape index (κ3) is 4.21. The second-order valence-electron chi connectivity index (χ2n) is 6.01. The van der Waals surface area contributed by atoms with Crippen LogP contribution in [0.4, 0.5) is 10.8 Å². The van der Waals surface area contributed by atoms with Gasteiger partial charge in [0.25, 0.3) is 0 Å². The molecule has 1 aromatic heterocycles. The molecule has 3 atom stereocenters. The van der Waals surface area contributed by atoms with Gasteiger partial charge in [-0.25, -0.2) is 4.79 Å². The minimum Gasteiger partial charge on any atom is -0.497 e. The molecule has 3 N–H and O–H groups in total. The number of hydrogen-bond acceptors (Lipinski definition) is 8. The van der Waals surface area contributed by atoms with Crippen molar-refractivity contribution in [2.24, 2.45) is 0 Å². The van der Waals surface area contributed by atoms with Gasteiger partial charge in [-0.2, -0.15) is 4.68 Å². The minimum absolute atomic E-state index is 0.324. The summed E-state index contributed by atoms with van der Waals surface area (Å²) in [5.74, 6) is 0.452. The van der Waals surface area contributed by atoms with E-state index in [1.54, 1.807) is 11.8 Å². The maximum absolute atomic E-state index is 11.9. The largest absolute Gasteiger partial charge is 0.497 e. The predicted octanol–water partition coefficient (Wildman–Crippen LogP) is 0.575. The Morgan fingerprint density at radius 1 is 1.46 bits per heavy atom. The molecule has 1 aliphatic heterocycles.